The molecule has 21 heavy (non-hydrogen) atoms. The molecule has 0 aliphatic carbocycles. The summed E-state index contributed by atoms with van der Waals surface area (Å²) in [5, 5.41) is 1.97. The van der Waals surface area contributed by atoms with E-state index in [1.807, 2.05) is 24.4 Å². The zero-order chi connectivity index (χ0) is 15.5. The van der Waals surface area contributed by atoms with Crippen molar-refractivity contribution in [1.82, 2.24) is 4.72 Å². The third-order valence-electron chi connectivity index (χ3n) is 2.87. The van der Waals surface area contributed by atoms with Crippen LogP contribution < -0.4 is 10.5 Å². The number of thiophene rings is 1. The zero-order valence-electron chi connectivity index (χ0n) is 11.4. The highest BCUT2D eigenvalue weighted by atomic mass is 32.2. The first-order chi connectivity index (χ1) is 9.88. The minimum atomic E-state index is -3.58. The monoisotopic (exact) mass is 340 g/mol. The highest BCUT2D eigenvalue weighted by molar-refractivity contribution is 7.89. The Morgan fingerprint density at radius 3 is 2.76 bits per heavy atom. The summed E-state index contributed by atoms with van der Waals surface area (Å²) in [7, 11) is -3.58. The molecule has 7 heteroatoms. The van der Waals surface area contributed by atoms with Gasteiger partial charge in [-0.05, 0) is 36.9 Å². The predicted molar refractivity (Wildman–Crippen MR) is 90.1 cm³/mol. The summed E-state index contributed by atoms with van der Waals surface area (Å²) in [6.45, 7) is 1.84. The molecule has 1 heterocycles. The molecule has 1 aromatic carbocycles. The molecule has 2 aromatic rings. The van der Waals surface area contributed by atoms with Crippen LogP contribution in [0.2, 0.25) is 0 Å². The number of benzene rings is 1. The van der Waals surface area contributed by atoms with Crippen molar-refractivity contribution < 1.29 is 8.42 Å². The fourth-order valence-electron chi connectivity index (χ4n) is 1.92. The molecule has 112 valence electrons. The maximum absolute atomic E-state index is 12.4. The minimum absolute atomic E-state index is 0.172. The fourth-order valence-corrected chi connectivity index (χ4v) is 4.17. The van der Waals surface area contributed by atoms with Gasteiger partial charge >= 0.3 is 0 Å². The van der Waals surface area contributed by atoms with E-state index in [1.54, 1.807) is 23.5 Å². The maximum Gasteiger partial charge on any atom is 0.240 e. The third-order valence-corrected chi connectivity index (χ3v) is 5.59. The minimum Gasteiger partial charge on any atom is -0.389 e. The molecule has 0 saturated carbocycles. The number of nitrogens with two attached hydrogens (primary N) is 1. The van der Waals surface area contributed by atoms with Crippen LogP contribution >= 0.6 is 23.6 Å². The Labute approximate surface area is 134 Å². The summed E-state index contributed by atoms with van der Waals surface area (Å²) in [5.74, 6) is 0. The normalized spacial score (nSPS) is 13.0. The van der Waals surface area contributed by atoms with E-state index in [9.17, 15) is 8.42 Å². The van der Waals surface area contributed by atoms with Gasteiger partial charge in [0.2, 0.25) is 10.0 Å². The summed E-state index contributed by atoms with van der Waals surface area (Å²) >= 11 is 6.48. The van der Waals surface area contributed by atoms with Crippen LogP contribution in [-0.4, -0.2) is 19.4 Å². The highest BCUT2D eigenvalue weighted by Crippen LogP contribution is 2.15. The summed E-state index contributed by atoms with van der Waals surface area (Å²) < 4.78 is 27.4. The molecule has 0 radical (unpaired) electrons. The second-order valence-electron chi connectivity index (χ2n) is 4.70. The van der Waals surface area contributed by atoms with E-state index >= 15 is 0 Å². The topological polar surface area (TPSA) is 72.2 Å². The van der Waals surface area contributed by atoms with E-state index in [0.717, 1.165) is 4.88 Å². The smallest absolute Gasteiger partial charge is 0.240 e. The molecule has 0 bridgehead atoms. The Morgan fingerprint density at radius 2 is 2.14 bits per heavy atom. The molecule has 1 aromatic heterocycles. The number of sulfonamides is 1. The van der Waals surface area contributed by atoms with Crippen LogP contribution in [0, 0.1) is 0 Å². The number of rotatable bonds is 6. The first-order valence-electron chi connectivity index (χ1n) is 6.33. The lowest BCUT2D eigenvalue weighted by Gasteiger charge is -2.14. The van der Waals surface area contributed by atoms with Gasteiger partial charge in [-0.1, -0.05) is 30.4 Å². The van der Waals surface area contributed by atoms with Gasteiger partial charge in [0.05, 0.1) is 4.90 Å². The Balaban J connectivity index is 2.14. The van der Waals surface area contributed by atoms with Crippen LogP contribution in [0.25, 0.3) is 0 Å². The van der Waals surface area contributed by atoms with E-state index in [1.165, 1.54) is 12.1 Å². The van der Waals surface area contributed by atoms with Gasteiger partial charge in [0.15, 0.2) is 0 Å². The molecule has 0 spiro atoms. The predicted octanol–water partition coefficient (Wildman–Crippen LogP) is 2.29. The average Bonchev–Trinajstić information content (AvgIpc) is 2.91. The lowest BCUT2D eigenvalue weighted by molar-refractivity contribution is 0.560. The van der Waals surface area contributed by atoms with Gasteiger partial charge in [-0.3, -0.25) is 0 Å². The van der Waals surface area contributed by atoms with Crippen LogP contribution in [0.5, 0.6) is 0 Å². The second kappa shape index (κ2) is 6.65. The average molecular weight is 340 g/mol. The van der Waals surface area contributed by atoms with Crippen molar-refractivity contribution >= 4 is 38.6 Å². The van der Waals surface area contributed by atoms with Gasteiger partial charge in [0, 0.05) is 16.5 Å². The van der Waals surface area contributed by atoms with Gasteiger partial charge in [0.1, 0.15) is 4.99 Å². The molecule has 0 fully saturated rings. The van der Waals surface area contributed by atoms with Crippen molar-refractivity contribution in [2.45, 2.75) is 24.3 Å². The lowest BCUT2D eigenvalue weighted by atomic mass is 10.2. The van der Waals surface area contributed by atoms with Gasteiger partial charge in [0.25, 0.3) is 0 Å². The van der Waals surface area contributed by atoms with Gasteiger partial charge < -0.3 is 5.73 Å². The summed E-state index contributed by atoms with van der Waals surface area (Å²) in [5.41, 5.74) is 6.08. The Morgan fingerprint density at radius 1 is 1.38 bits per heavy atom. The summed E-state index contributed by atoms with van der Waals surface area (Å²) in [6, 6.07) is 10.1. The van der Waals surface area contributed by atoms with E-state index in [0.29, 0.717) is 12.0 Å². The van der Waals surface area contributed by atoms with Crippen molar-refractivity contribution in [3.05, 3.63) is 52.2 Å². The lowest BCUT2D eigenvalue weighted by Crippen LogP contribution is -2.34. The quantitative estimate of drug-likeness (QED) is 0.792. The zero-order valence-corrected chi connectivity index (χ0v) is 13.9. The Kier molecular flexibility index (Phi) is 5.10. The van der Waals surface area contributed by atoms with Crippen molar-refractivity contribution in [2.75, 3.05) is 0 Å². The largest absolute Gasteiger partial charge is 0.389 e. The molecule has 0 amide bonds. The molecule has 0 saturated heterocycles. The Bertz CT molecular complexity index is 724. The number of nitrogens with one attached hydrogen (secondary N) is 1. The molecular formula is C14H16N2O2S3. The molecule has 0 aliphatic rings. The fraction of sp³-hybridized carbons (Fsp3) is 0.214. The second-order valence-corrected chi connectivity index (χ2v) is 7.88. The van der Waals surface area contributed by atoms with Crippen LogP contribution in [0.15, 0.2) is 46.7 Å². The van der Waals surface area contributed by atoms with Gasteiger partial charge in [-0.2, -0.15) is 0 Å². The molecule has 3 N–H and O–H groups in total. The van der Waals surface area contributed by atoms with E-state index in [-0.39, 0.29) is 15.9 Å². The Hall–Kier alpha value is -1.28. The van der Waals surface area contributed by atoms with E-state index in [4.69, 9.17) is 18.0 Å². The summed E-state index contributed by atoms with van der Waals surface area (Å²) in [4.78, 5) is 1.49. The van der Waals surface area contributed by atoms with E-state index < -0.39 is 10.0 Å². The highest BCUT2D eigenvalue weighted by Gasteiger charge is 2.18. The number of hydrogen-bond acceptors (Lipinski definition) is 4. The molecule has 1 atom stereocenters. The third kappa shape index (κ3) is 4.34. The standard InChI is InChI=1S/C14H16N2O2S3/c1-10(8-12-5-3-7-20-12)16-21(17,18)13-6-2-4-11(9-13)14(15)19/h2-7,9-10,16H,8H2,1H3,(H2,15,19). The van der Waals surface area contributed by atoms with Crippen LogP contribution in [-0.2, 0) is 16.4 Å². The van der Waals surface area contributed by atoms with Crippen LogP contribution in [0.3, 0.4) is 0 Å². The molecular weight excluding hydrogens is 324 g/mol. The van der Waals surface area contributed by atoms with Gasteiger partial charge in [-0.15, -0.1) is 11.3 Å². The molecule has 4 nitrogen and oxygen atoms in total. The number of hydrogen-bond donors (Lipinski definition) is 2. The van der Waals surface area contributed by atoms with Crippen LogP contribution in [0.1, 0.15) is 17.4 Å². The SMILES string of the molecule is CC(Cc1cccs1)NS(=O)(=O)c1cccc(C(N)=S)c1. The van der Waals surface area contributed by atoms with Crippen LogP contribution in [0.4, 0.5) is 0 Å². The number of thiocarbonyl (C=S) groups is 1. The van der Waals surface area contributed by atoms with Crippen molar-refractivity contribution in [2.24, 2.45) is 5.73 Å². The molecule has 1 unspecified atom stereocenters. The first kappa shape index (κ1) is 16.1. The van der Waals surface area contributed by atoms with Crippen molar-refractivity contribution in [3.8, 4) is 0 Å². The van der Waals surface area contributed by atoms with Crippen molar-refractivity contribution in [3.63, 3.8) is 0 Å². The molecule has 0 aliphatic heterocycles. The van der Waals surface area contributed by atoms with Gasteiger partial charge in [-0.25, -0.2) is 13.1 Å². The first-order valence-corrected chi connectivity index (χ1v) is 9.10. The maximum atomic E-state index is 12.4. The van der Waals surface area contributed by atoms with Crippen molar-refractivity contribution in [1.29, 1.82) is 0 Å². The summed E-state index contributed by atoms with van der Waals surface area (Å²) in [6.07, 6.45) is 0.659. The molecule has 2 rings (SSSR count). The van der Waals surface area contributed by atoms with E-state index in [2.05, 4.69) is 4.72 Å².